The number of nitrogens with one attached hydrogen (secondary N) is 1. The average Bonchev–Trinajstić information content (AvgIpc) is 3.48. The Hall–Kier alpha value is -2.38. The second kappa shape index (κ2) is 7.64. The highest BCUT2D eigenvalue weighted by atomic mass is 35.5. The summed E-state index contributed by atoms with van der Waals surface area (Å²) in [6.45, 7) is 6.12. The van der Waals surface area contributed by atoms with Crippen LogP contribution in [0.4, 0.5) is 11.6 Å². The van der Waals surface area contributed by atoms with Gasteiger partial charge in [-0.1, -0.05) is 24.3 Å². The molecule has 3 aromatic rings. The summed E-state index contributed by atoms with van der Waals surface area (Å²) in [5.41, 5.74) is 12.4. The third-order valence-corrected chi connectivity index (χ3v) is 7.58. The van der Waals surface area contributed by atoms with E-state index in [9.17, 15) is 0 Å². The largest absolute Gasteiger partial charge is 0.355 e. The van der Waals surface area contributed by atoms with Crippen LogP contribution in [0.15, 0.2) is 24.3 Å². The van der Waals surface area contributed by atoms with Crippen LogP contribution in [0, 0.1) is 12.3 Å². The number of fused-ring (bicyclic) bond motifs is 2. The first-order valence-electron chi connectivity index (χ1n) is 11.2. The lowest BCUT2D eigenvalue weighted by Crippen LogP contribution is -2.44. The van der Waals surface area contributed by atoms with Gasteiger partial charge in [-0.3, -0.25) is 5.10 Å². The van der Waals surface area contributed by atoms with Crippen molar-refractivity contribution in [3.63, 3.8) is 0 Å². The highest BCUT2D eigenvalue weighted by molar-refractivity contribution is 5.85. The van der Waals surface area contributed by atoms with Crippen molar-refractivity contribution in [1.82, 2.24) is 20.2 Å². The molecular formula is C23H30ClN7. The van der Waals surface area contributed by atoms with Crippen LogP contribution in [0.25, 0.3) is 11.2 Å². The van der Waals surface area contributed by atoms with Gasteiger partial charge in [-0.25, -0.2) is 9.97 Å². The first-order valence-corrected chi connectivity index (χ1v) is 11.2. The molecule has 6 rings (SSSR count). The number of hydrogen-bond acceptors (Lipinski definition) is 6. The Morgan fingerprint density at radius 2 is 1.71 bits per heavy atom. The fourth-order valence-corrected chi connectivity index (χ4v) is 5.82. The topological polar surface area (TPSA) is 87.0 Å². The first-order chi connectivity index (χ1) is 14.6. The van der Waals surface area contributed by atoms with Gasteiger partial charge in [0, 0.05) is 32.2 Å². The Morgan fingerprint density at radius 3 is 2.45 bits per heavy atom. The molecule has 8 heteroatoms. The van der Waals surface area contributed by atoms with Gasteiger partial charge in [0.1, 0.15) is 0 Å². The van der Waals surface area contributed by atoms with Crippen molar-refractivity contribution in [3.05, 3.63) is 41.1 Å². The minimum Gasteiger partial charge on any atom is -0.355 e. The number of piperidine rings is 1. The van der Waals surface area contributed by atoms with Crippen LogP contribution in [-0.2, 0) is 6.42 Å². The van der Waals surface area contributed by atoms with E-state index in [2.05, 4.69) is 51.2 Å². The van der Waals surface area contributed by atoms with E-state index in [4.69, 9.17) is 15.7 Å². The van der Waals surface area contributed by atoms with Crippen molar-refractivity contribution in [3.8, 4) is 0 Å². The lowest BCUT2D eigenvalue weighted by atomic mass is 9.73. The normalized spacial score (nSPS) is 22.2. The lowest BCUT2D eigenvalue weighted by Gasteiger charge is -2.42. The van der Waals surface area contributed by atoms with Gasteiger partial charge in [-0.2, -0.15) is 5.10 Å². The zero-order chi connectivity index (χ0) is 20.3. The third kappa shape index (κ3) is 3.17. The molecule has 1 spiro atoms. The molecule has 31 heavy (non-hydrogen) atoms. The Kier molecular flexibility index (Phi) is 5.06. The third-order valence-electron chi connectivity index (χ3n) is 7.58. The molecule has 2 aliphatic heterocycles. The average molecular weight is 440 g/mol. The fourth-order valence-electron chi connectivity index (χ4n) is 5.82. The molecule has 0 unspecified atom stereocenters. The van der Waals surface area contributed by atoms with Crippen molar-refractivity contribution < 1.29 is 0 Å². The smallest absolute Gasteiger partial charge is 0.178 e. The number of aromatic nitrogens is 4. The summed E-state index contributed by atoms with van der Waals surface area (Å²) in [7, 11) is 0. The summed E-state index contributed by atoms with van der Waals surface area (Å²) in [5.74, 6) is 1.94. The second-order valence-corrected chi connectivity index (χ2v) is 9.27. The highest BCUT2D eigenvalue weighted by Crippen LogP contribution is 2.51. The van der Waals surface area contributed by atoms with Gasteiger partial charge in [-0.05, 0) is 55.6 Å². The van der Waals surface area contributed by atoms with Gasteiger partial charge < -0.3 is 15.5 Å². The van der Waals surface area contributed by atoms with Crippen molar-refractivity contribution in [2.75, 3.05) is 36.0 Å². The van der Waals surface area contributed by atoms with E-state index >= 15 is 0 Å². The number of halogens is 1. The maximum atomic E-state index is 6.74. The van der Waals surface area contributed by atoms with Crippen LogP contribution in [0.3, 0.4) is 0 Å². The van der Waals surface area contributed by atoms with Crippen molar-refractivity contribution in [2.45, 2.75) is 45.1 Å². The van der Waals surface area contributed by atoms with E-state index < -0.39 is 0 Å². The molecule has 0 radical (unpaired) electrons. The molecular weight excluding hydrogens is 410 g/mol. The van der Waals surface area contributed by atoms with Gasteiger partial charge in [-0.15, -0.1) is 12.4 Å². The molecule has 2 saturated heterocycles. The first kappa shape index (κ1) is 20.5. The van der Waals surface area contributed by atoms with Gasteiger partial charge >= 0.3 is 0 Å². The number of aromatic amines is 1. The summed E-state index contributed by atoms with van der Waals surface area (Å²) in [6, 6.07) is 8.84. The number of H-pyrrole nitrogens is 1. The van der Waals surface area contributed by atoms with Gasteiger partial charge in [0.05, 0.1) is 5.69 Å². The van der Waals surface area contributed by atoms with Gasteiger partial charge in [0.25, 0.3) is 0 Å². The van der Waals surface area contributed by atoms with Crippen LogP contribution < -0.4 is 15.5 Å². The van der Waals surface area contributed by atoms with Crippen molar-refractivity contribution >= 4 is 35.2 Å². The fraction of sp³-hybridized carbons (Fsp3) is 0.522. The maximum absolute atomic E-state index is 6.74. The standard InChI is InChI=1S/C23H29N7.ClH/c1-15-21(26-20-18(25-15)22(28-27-20)29-10-4-5-11-29)30-12-8-23(9-13-30)14-16-6-2-3-7-17(16)19(23)24;/h2-3,6-7,19H,4-5,8-14,24H2,1H3,(H,26,27,28);1H/t19-;/m1./s1. The number of aryl methyl sites for hydroxylation is 1. The predicted molar refractivity (Wildman–Crippen MR) is 126 cm³/mol. The van der Waals surface area contributed by atoms with Crippen LogP contribution in [0.2, 0.25) is 0 Å². The van der Waals surface area contributed by atoms with E-state index in [-0.39, 0.29) is 23.9 Å². The monoisotopic (exact) mass is 439 g/mol. The molecule has 2 fully saturated rings. The van der Waals surface area contributed by atoms with Crippen LogP contribution in [0.5, 0.6) is 0 Å². The van der Waals surface area contributed by atoms with E-state index in [1.54, 1.807) is 0 Å². The van der Waals surface area contributed by atoms with Gasteiger partial charge in [0.2, 0.25) is 0 Å². The van der Waals surface area contributed by atoms with Crippen molar-refractivity contribution in [2.24, 2.45) is 11.1 Å². The summed E-state index contributed by atoms with van der Waals surface area (Å²) < 4.78 is 0. The minimum absolute atomic E-state index is 0. The Labute approximate surface area is 188 Å². The number of hydrogen-bond donors (Lipinski definition) is 2. The zero-order valence-electron chi connectivity index (χ0n) is 18.0. The zero-order valence-corrected chi connectivity index (χ0v) is 18.8. The molecule has 7 nitrogen and oxygen atoms in total. The SMILES string of the molecule is Cc1nc2c(N3CCCC3)n[nH]c2nc1N1CCC2(CC1)Cc1ccccc1[C@H]2N.Cl. The molecule has 2 aromatic heterocycles. The number of anilines is 2. The Morgan fingerprint density at radius 1 is 1.00 bits per heavy atom. The van der Waals surface area contributed by atoms with E-state index in [0.29, 0.717) is 0 Å². The lowest BCUT2D eigenvalue weighted by molar-refractivity contribution is 0.187. The summed E-state index contributed by atoms with van der Waals surface area (Å²) in [5, 5.41) is 7.66. The minimum atomic E-state index is 0. The number of benzene rings is 1. The molecule has 0 saturated carbocycles. The Bertz CT molecular complexity index is 1100. The van der Waals surface area contributed by atoms with Crippen LogP contribution in [-0.4, -0.2) is 46.3 Å². The van der Waals surface area contributed by atoms with E-state index in [1.165, 1.54) is 24.0 Å². The molecule has 0 amide bonds. The second-order valence-electron chi connectivity index (χ2n) is 9.27. The molecule has 164 valence electrons. The summed E-state index contributed by atoms with van der Waals surface area (Å²) in [6.07, 6.45) is 5.72. The molecule has 4 heterocycles. The number of nitrogens with two attached hydrogens (primary N) is 1. The Balaban J connectivity index is 0.00000204. The molecule has 0 bridgehead atoms. The molecule has 1 aliphatic carbocycles. The molecule has 3 aliphatic rings. The van der Waals surface area contributed by atoms with Crippen LogP contribution in [0.1, 0.15) is 48.5 Å². The molecule has 1 atom stereocenters. The quantitative estimate of drug-likeness (QED) is 0.635. The molecule has 3 N–H and O–H groups in total. The number of rotatable bonds is 2. The van der Waals surface area contributed by atoms with E-state index in [1.807, 2.05) is 0 Å². The van der Waals surface area contributed by atoms with Gasteiger partial charge in [0.15, 0.2) is 22.8 Å². The molecule has 1 aromatic carbocycles. The summed E-state index contributed by atoms with van der Waals surface area (Å²) >= 11 is 0. The number of nitrogens with zero attached hydrogens (tertiary/aromatic N) is 5. The van der Waals surface area contributed by atoms with Crippen molar-refractivity contribution in [1.29, 1.82) is 0 Å². The van der Waals surface area contributed by atoms with E-state index in [0.717, 1.165) is 73.9 Å². The highest BCUT2D eigenvalue weighted by Gasteiger charge is 2.46. The maximum Gasteiger partial charge on any atom is 0.178 e. The predicted octanol–water partition coefficient (Wildman–Crippen LogP) is 3.53. The summed E-state index contributed by atoms with van der Waals surface area (Å²) in [4.78, 5) is 14.6. The van der Waals surface area contributed by atoms with Crippen LogP contribution >= 0.6 is 12.4 Å².